The van der Waals surface area contributed by atoms with E-state index in [1.807, 2.05) is 19.1 Å². The third kappa shape index (κ3) is 6.56. The number of benzene rings is 2. The number of ketones is 1. The third-order valence-electron chi connectivity index (χ3n) is 4.35. The first-order valence-electron chi connectivity index (χ1n) is 9.66. The van der Waals surface area contributed by atoms with Crippen molar-refractivity contribution in [2.75, 3.05) is 25.1 Å². The van der Waals surface area contributed by atoms with Gasteiger partial charge in [0.25, 0.3) is 5.91 Å². The molecule has 0 aromatic heterocycles. The van der Waals surface area contributed by atoms with Crippen LogP contribution in [0.5, 0.6) is 11.5 Å². The number of esters is 1. The van der Waals surface area contributed by atoms with Gasteiger partial charge in [-0.3, -0.25) is 19.7 Å². The number of carbonyl (C=O) groups excluding carboxylic acids is 4. The molecule has 1 heterocycles. The molecule has 0 aliphatic carbocycles. The van der Waals surface area contributed by atoms with Gasteiger partial charge in [-0.1, -0.05) is 29.8 Å². The number of hydrogen-bond donors (Lipinski definition) is 2. The molecule has 2 aromatic carbocycles. The van der Waals surface area contributed by atoms with Crippen LogP contribution in [0.25, 0.3) is 0 Å². The van der Waals surface area contributed by atoms with Crippen molar-refractivity contribution in [3.63, 3.8) is 0 Å². The molecule has 9 nitrogen and oxygen atoms in total. The van der Waals surface area contributed by atoms with Crippen LogP contribution >= 0.6 is 0 Å². The molecule has 9 heteroatoms. The van der Waals surface area contributed by atoms with Crippen LogP contribution < -0.4 is 20.1 Å². The van der Waals surface area contributed by atoms with Crippen molar-refractivity contribution in [2.24, 2.45) is 0 Å². The lowest BCUT2D eigenvalue weighted by Gasteiger charge is -2.19. The van der Waals surface area contributed by atoms with E-state index >= 15 is 0 Å². The normalized spacial score (nSPS) is 11.9. The summed E-state index contributed by atoms with van der Waals surface area (Å²) in [6, 6.07) is 11.0. The van der Waals surface area contributed by atoms with E-state index in [4.69, 9.17) is 14.2 Å². The van der Waals surface area contributed by atoms with Gasteiger partial charge >= 0.3 is 12.0 Å². The van der Waals surface area contributed by atoms with E-state index in [0.29, 0.717) is 36.0 Å². The zero-order chi connectivity index (χ0) is 22.2. The first-order chi connectivity index (χ1) is 14.9. The van der Waals surface area contributed by atoms with Crippen molar-refractivity contribution in [3.05, 3.63) is 53.6 Å². The summed E-state index contributed by atoms with van der Waals surface area (Å²) in [4.78, 5) is 47.6. The number of imide groups is 1. The Kier molecular flexibility index (Phi) is 7.21. The van der Waals surface area contributed by atoms with Crippen molar-refractivity contribution >= 4 is 29.4 Å². The number of carbonyl (C=O) groups is 4. The summed E-state index contributed by atoms with van der Waals surface area (Å²) in [5, 5.41) is 4.54. The Morgan fingerprint density at radius 3 is 2.39 bits per heavy atom. The average molecular weight is 426 g/mol. The van der Waals surface area contributed by atoms with Crippen LogP contribution in [-0.2, 0) is 14.3 Å². The van der Waals surface area contributed by atoms with Crippen LogP contribution in [0.15, 0.2) is 42.5 Å². The highest BCUT2D eigenvalue weighted by Crippen LogP contribution is 2.32. The van der Waals surface area contributed by atoms with E-state index in [1.165, 1.54) is 0 Å². The van der Waals surface area contributed by atoms with Crippen LogP contribution in [0.1, 0.15) is 28.8 Å². The summed E-state index contributed by atoms with van der Waals surface area (Å²) in [6.07, 6.45) is -0.197. The number of anilines is 1. The lowest BCUT2D eigenvalue weighted by atomic mass is 10.1. The fraction of sp³-hybridized carbons (Fsp3) is 0.273. The topological polar surface area (TPSA) is 120 Å². The maximum Gasteiger partial charge on any atom is 0.325 e. The smallest absolute Gasteiger partial charge is 0.325 e. The largest absolute Gasteiger partial charge is 0.486 e. The average Bonchev–Trinajstić information content (AvgIpc) is 2.76. The Hall–Kier alpha value is -3.88. The van der Waals surface area contributed by atoms with Crippen LogP contribution in [-0.4, -0.2) is 43.5 Å². The van der Waals surface area contributed by atoms with Crippen LogP contribution in [0, 0.1) is 6.92 Å². The minimum Gasteiger partial charge on any atom is -0.486 e. The van der Waals surface area contributed by atoms with E-state index in [9.17, 15) is 19.2 Å². The molecular formula is C22H22N2O7. The Bertz CT molecular complexity index is 986. The van der Waals surface area contributed by atoms with Gasteiger partial charge in [-0.15, -0.1) is 0 Å². The summed E-state index contributed by atoms with van der Waals surface area (Å²) in [5.41, 5.74) is 1.94. The Morgan fingerprint density at radius 1 is 0.935 bits per heavy atom. The second-order valence-electron chi connectivity index (χ2n) is 6.81. The summed E-state index contributed by atoms with van der Waals surface area (Å²) in [5.74, 6) is -0.637. The second-order valence-corrected chi connectivity index (χ2v) is 6.81. The minimum atomic E-state index is -0.798. The highest BCUT2D eigenvalue weighted by Gasteiger charge is 2.15. The molecule has 0 radical (unpaired) electrons. The zero-order valence-electron chi connectivity index (χ0n) is 16.9. The number of Topliss-reactive ketones (excluding diaryl/α,β-unsaturated/α-hetero) is 1. The van der Waals surface area contributed by atoms with Gasteiger partial charge in [0, 0.05) is 23.7 Å². The first-order valence-corrected chi connectivity index (χ1v) is 9.66. The van der Waals surface area contributed by atoms with E-state index in [-0.39, 0.29) is 18.6 Å². The van der Waals surface area contributed by atoms with Gasteiger partial charge in [-0.2, -0.15) is 0 Å². The molecule has 3 amide bonds. The Morgan fingerprint density at radius 2 is 1.65 bits per heavy atom. The molecule has 162 valence electrons. The van der Waals surface area contributed by atoms with Crippen LogP contribution in [0.4, 0.5) is 10.5 Å². The van der Waals surface area contributed by atoms with Crippen molar-refractivity contribution in [1.82, 2.24) is 5.32 Å². The highest BCUT2D eigenvalue weighted by atomic mass is 16.6. The number of fused-ring (bicyclic) bond motifs is 1. The van der Waals surface area contributed by atoms with Crippen molar-refractivity contribution in [1.29, 1.82) is 0 Å². The molecule has 1 aliphatic rings. The molecular weight excluding hydrogens is 404 g/mol. The summed E-state index contributed by atoms with van der Waals surface area (Å²) in [6.45, 7) is 2.13. The Labute approximate surface area is 178 Å². The number of hydrogen-bond acceptors (Lipinski definition) is 7. The highest BCUT2D eigenvalue weighted by molar-refractivity contribution is 6.02. The fourth-order valence-corrected chi connectivity index (χ4v) is 2.76. The van der Waals surface area contributed by atoms with Crippen LogP contribution in [0.3, 0.4) is 0 Å². The first kappa shape index (κ1) is 21.8. The van der Waals surface area contributed by atoms with Crippen molar-refractivity contribution in [3.8, 4) is 11.5 Å². The number of urea groups is 1. The van der Waals surface area contributed by atoms with E-state index < -0.39 is 24.5 Å². The van der Waals surface area contributed by atoms with Crippen molar-refractivity contribution < 1.29 is 33.4 Å². The molecule has 0 fully saturated rings. The molecule has 0 bridgehead atoms. The standard InChI is InChI=1S/C22H22N2O7/c1-14-2-4-15(5-3-14)17(25)7-9-21(27)31-13-20(26)24-22(28)23-16-6-8-18-19(12-16)30-11-10-29-18/h2-6,8,12H,7,9-11,13H2,1H3,(H2,23,24,26,28). The van der Waals surface area contributed by atoms with Gasteiger partial charge in [0.05, 0.1) is 6.42 Å². The summed E-state index contributed by atoms with van der Waals surface area (Å²) < 4.78 is 15.6. The quantitative estimate of drug-likeness (QED) is 0.516. The van der Waals surface area contributed by atoms with Gasteiger partial charge in [0.1, 0.15) is 13.2 Å². The number of rotatable bonds is 7. The minimum absolute atomic E-state index is 0.0336. The predicted molar refractivity (Wildman–Crippen MR) is 110 cm³/mol. The van der Waals surface area contributed by atoms with Gasteiger partial charge < -0.3 is 19.5 Å². The van der Waals surface area contributed by atoms with E-state index in [0.717, 1.165) is 5.56 Å². The van der Waals surface area contributed by atoms with Crippen molar-refractivity contribution in [2.45, 2.75) is 19.8 Å². The molecule has 2 aromatic rings. The number of ether oxygens (including phenoxy) is 3. The van der Waals surface area contributed by atoms with E-state index in [2.05, 4.69) is 10.6 Å². The molecule has 0 spiro atoms. The maximum atomic E-state index is 12.1. The lowest BCUT2D eigenvalue weighted by molar-refractivity contribution is -0.148. The summed E-state index contributed by atoms with van der Waals surface area (Å²) >= 11 is 0. The number of nitrogens with one attached hydrogen (secondary N) is 2. The molecule has 0 saturated carbocycles. The Balaban J connectivity index is 1.37. The number of amides is 3. The molecule has 3 rings (SSSR count). The van der Waals surface area contributed by atoms with Gasteiger partial charge in [-0.05, 0) is 19.1 Å². The molecule has 0 unspecified atom stereocenters. The molecule has 31 heavy (non-hydrogen) atoms. The van der Waals surface area contributed by atoms with E-state index in [1.54, 1.807) is 30.3 Å². The fourth-order valence-electron chi connectivity index (χ4n) is 2.76. The third-order valence-corrected chi connectivity index (χ3v) is 4.35. The van der Waals surface area contributed by atoms with Gasteiger partial charge in [0.2, 0.25) is 0 Å². The van der Waals surface area contributed by atoms with Gasteiger partial charge in [0.15, 0.2) is 23.9 Å². The summed E-state index contributed by atoms with van der Waals surface area (Å²) in [7, 11) is 0. The molecule has 2 N–H and O–H groups in total. The number of aryl methyl sites for hydroxylation is 1. The second kappa shape index (κ2) is 10.2. The molecule has 0 atom stereocenters. The maximum absolute atomic E-state index is 12.1. The van der Waals surface area contributed by atoms with Gasteiger partial charge in [-0.25, -0.2) is 4.79 Å². The molecule has 0 saturated heterocycles. The zero-order valence-corrected chi connectivity index (χ0v) is 16.9. The predicted octanol–water partition coefficient (Wildman–Crippen LogP) is 2.62. The van der Waals surface area contributed by atoms with Crippen LogP contribution in [0.2, 0.25) is 0 Å². The SMILES string of the molecule is Cc1ccc(C(=O)CCC(=O)OCC(=O)NC(=O)Nc2ccc3c(c2)OCCO3)cc1. The monoisotopic (exact) mass is 426 g/mol. The molecule has 1 aliphatic heterocycles. The lowest BCUT2D eigenvalue weighted by Crippen LogP contribution is -2.37.